The molecule has 1 aromatic carbocycles. The fourth-order valence-corrected chi connectivity index (χ4v) is 3.64. The fourth-order valence-electron chi connectivity index (χ4n) is 3.64. The number of hydrogen-bond acceptors (Lipinski definition) is 2. The molecular formula is C22H26N2O. The Labute approximate surface area is 150 Å². The van der Waals surface area contributed by atoms with Gasteiger partial charge in [-0.1, -0.05) is 42.5 Å². The van der Waals surface area contributed by atoms with Crippen molar-refractivity contribution in [1.82, 2.24) is 9.78 Å². The Morgan fingerprint density at radius 3 is 2.56 bits per heavy atom. The lowest BCUT2D eigenvalue weighted by Gasteiger charge is -2.26. The van der Waals surface area contributed by atoms with Crippen molar-refractivity contribution >= 4 is 11.4 Å². The van der Waals surface area contributed by atoms with Crippen LogP contribution in [0.3, 0.4) is 0 Å². The van der Waals surface area contributed by atoms with E-state index in [9.17, 15) is 4.79 Å². The molecule has 0 aliphatic heterocycles. The minimum atomic E-state index is 0.232. The Morgan fingerprint density at radius 1 is 1.24 bits per heavy atom. The first-order valence-electron chi connectivity index (χ1n) is 8.83. The first kappa shape index (κ1) is 17.4. The van der Waals surface area contributed by atoms with E-state index in [1.165, 1.54) is 5.56 Å². The summed E-state index contributed by atoms with van der Waals surface area (Å²) in [6, 6.07) is 10.4. The topological polar surface area (TPSA) is 34.9 Å². The zero-order chi connectivity index (χ0) is 18.1. The molecule has 1 aliphatic carbocycles. The molecule has 0 bridgehead atoms. The molecular weight excluding hydrogens is 308 g/mol. The summed E-state index contributed by atoms with van der Waals surface area (Å²) in [6.07, 6.45) is 2.24. The summed E-state index contributed by atoms with van der Waals surface area (Å²) in [7, 11) is 1.98. The smallest absolute Gasteiger partial charge is 0.159 e. The summed E-state index contributed by atoms with van der Waals surface area (Å²) in [5.74, 6) is 0.471. The van der Waals surface area contributed by atoms with Gasteiger partial charge in [-0.25, -0.2) is 0 Å². The van der Waals surface area contributed by atoms with E-state index in [4.69, 9.17) is 5.10 Å². The number of nitrogens with zero attached hydrogens (tertiary/aromatic N) is 2. The third-order valence-corrected chi connectivity index (χ3v) is 5.37. The number of carbonyl (C=O) groups excluding carboxylic acids is 1. The van der Waals surface area contributed by atoms with E-state index >= 15 is 0 Å². The average Bonchev–Trinajstić information content (AvgIpc) is 2.85. The van der Waals surface area contributed by atoms with Crippen LogP contribution < -0.4 is 0 Å². The van der Waals surface area contributed by atoms with E-state index in [-0.39, 0.29) is 11.7 Å². The van der Waals surface area contributed by atoms with Crippen LogP contribution in [0.4, 0.5) is 0 Å². The summed E-state index contributed by atoms with van der Waals surface area (Å²) in [4.78, 5) is 12.6. The maximum absolute atomic E-state index is 12.6. The number of aryl methyl sites for hydroxylation is 1. The van der Waals surface area contributed by atoms with Crippen molar-refractivity contribution in [3.63, 3.8) is 0 Å². The molecule has 0 saturated heterocycles. The lowest BCUT2D eigenvalue weighted by Crippen LogP contribution is -2.19. The number of carbonyl (C=O) groups is 1. The summed E-state index contributed by atoms with van der Waals surface area (Å²) < 4.78 is 1.93. The monoisotopic (exact) mass is 334 g/mol. The molecule has 0 spiro atoms. The van der Waals surface area contributed by atoms with E-state index in [0.29, 0.717) is 6.42 Å². The zero-order valence-electron chi connectivity index (χ0n) is 15.6. The minimum absolute atomic E-state index is 0.232. The van der Waals surface area contributed by atoms with Crippen molar-refractivity contribution in [3.8, 4) is 0 Å². The van der Waals surface area contributed by atoms with Crippen molar-refractivity contribution < 1.29 is 4.79 Å². The van der Waals surface area contributed by atoms with Crippen LogP contribution in [-0.4, -0.2) is 15.6 Å². The molecule has 0 N–H and O–H groups in total. The van der Waals surface area contributed by atoms with Crippen molar-refractivity contribution in [2.45, 2.75) is 40.0 Å². The van der Waals surface area contributed by atoms with Gasteiger partial charge in [0.05, 0.1) is 5.69 Å². The number of allylic oxidation sites excluding steroid dienone is 3. The number of Topliss-reactive ketones (excluding diaryl/α,β-unsaturated/α-hetero) is 1. The number of benzene rings is 1. The molecule has 1 atom stereocenters. The fraction of sp³-hybridized carbons (Fsp3) is 0.364. The maximum atomic E-state index is 12.6. The lowest BCUT2D eigenvalue weighted by molar-refractivity contribution is -0.116. The van der Waals surface area contributed by atoms with Gasteiger partial charge < -0.3 is 0 Å². The quantitative estimate of drug-likeness (QED) is 0.763. The van der Waals surface area contributed by atoms with E-state index in [1.54, 1.807) is 0 Å². The highest BCUT2D eigenvalue weighted by Gasteiger charge is 2.29. The van der Waals surface area contributed by atoms with Crippen LogP contribution >= 0.6 is 0 Å². The number of rotatable bonds is 4. The van der Waals surface area contributed by atoms with Gasteiger partial charge in [0, 0.05) is 31.1 Å². The van der Waals surface area contributed by atoms with Gasteiger partial charge in [0.1, 0.15) is 0 Å². The molecule has 130 valence electrons. The lowest BCUT2D eigenvalue weighted by atomic mass is 9.77. The molecule has 0 fully saturated rings. The van der Waals surface area contributed by atoms with Crippen molar-refractivity contribution in [2.24, 2.45) is 13.0 Å². The molecule has 1 aliphatic rings. The predicted octanol–water partition coefficient (Wildman–Crippen LogP) is 4.65. The summed E-state index contributed by atoms with van der Waals surface area (Å²) in [6.45, 7) is 10.2. The Balaban J connectivity index is 2.08. The number of ketones is 1. The molecule has 25 heavy (non-hydrogen) atoms. The minimum Gasteiger partial charge on any atom is -0.295 e. The van der Waals surface area contributed by atoms with Gasteiger partial charge in [-0.05, 0) is 49.8 Å². The van der Waals surface area contributed by atoms with E-state index in [0.717, 1.165) is 46.5 Å². The molecule has 0 amide bonds. The van der Waals surface area contributed by atoms with E-state index in [1.807, 2.05) is 31.6 Å². The number of hydrogen-bond donors (Lipinski definition) is 0. The van der Waals surface area contributed by atoms with Gasteiger partial charge in [0.2, 0.25) is 0 Å². The van der Waals surface area contributed by atoms with Crippen LogP contribution in [0.15, 0.2) is 48.1 Å². The average molecular weight is 334 g/mol. The molecule has 0 saturated carbocycles. The van der Waals surface area contributed by atoms with E-state index < -0.39 is 0 Å². The molecule has 3 nitrogen and oxygen atoms in total. The van der Waals surface area contributed by atoms with Crippen molar-refractivity contribution in [3.05, 3.63) is 70.6 Å². The van der Waals surface area contributed by atoms with Gasteiger partial charge in [0.25, 0.3) is 0 Å². The summed E-state index contributed by atoms with van der Waals surface area (Å²) in [5, 5.41) is 4.76. The van der Waals surface area contributed by atoms with Crippen molar-refractivity contribution in [2.75, 3.05) is 0 Å². The Kier molecular flexibility index (Phi) is 4.76. The highest BCUT2D eigenvalue weighted by atomic mass is 16.1. The van der Waals surface area contributed by atoms with Gasteiger partial charge in [-0.2, -0.15) is 5.10 Å². The highest BCUT2D eigenvalue weighted by molar-refractivity contribution is 6.04. The second kappa shape index (κ2) is 6.83. The second-order valence-corrected chi connectivity index (χ2v) is 7.17. The third-order valence-electron chi connectivity index (χ3n) is 5.37. The van der Waals surface area contributed by atoms with E-state index in [2.05, 4.69) is 37.8 Å². The van der Waals surface area contributed by atoms with Crippen LogP contribution in [0.25, 0.3) is 5.57 Å². The third kappa shape index (κ3) is 3.37. The molecule has 2 aromatic rings. The Hall–Kier alpha value is -2.42. The normalized spacial score (nSPS) is 17.9. The second-order valence-electron chi connectivity index (χ2n) is 7.17. The zero-order valence-corrected chi connectivity index (χ0v) is 15.6. The largest absolute Gasteiger partial charge is 0.295 e. The van der Waals surface area contributed by atoms with Crippen LogP contribution in [0, 0.1) is 12.8 Å². The highest BCUT2D eigenvalue weighted by Crippen LogP contribution is 2.39. The van der Waals surface area contributed by atoms with Gasteiger partial charge in [-0.15, -0.1) is 0 Å². The van der Waals surface area contributed by atoms with Gasteiger partial charge in [0.15, 0.2) is 5.78 Å². The van der Waals surface area contributed by atoms with Crippen LogP contribution in [0.1, 0.15) is 49.2 Å². The number of aromatic nitrogens is 2. The first-order valence-corrected chi connectivity index (χ1v) is 8.83. The molecule has 3 rings (SSSR count). The first-order chi connectivity index (χ1) is 11.9. The standard InChI is InChI=1S/C22H26N2O/c1-14(2)18-12-19(15(3)21(25)13-18)22-16(4)24(5)23-20(22)11-17-9-7-6-8-10-17/h6-10,18H,1,11-13H2,2-5H3. The van der Waals surface area contributed by atoms with Gasteiger partial charge >= 0.3 is 0 Å². The van der Waals surface area contributed by atoms with Crippen LogP contribution in [0.2, 0.25) is 0 Å². The molecule has 1 heterocycles. The summed E-state index contributed by atoms with van der Waals surface area (Å²) >= 11 is 0. The van der Waals surface area contributed by atoms with Crippen molar-refractivity contribution in [1.29, 1.82) is 0 Å². The Morgan fingerprint density at radius 2 is 1.92 bits per heavy atom. The summed E-state index contributed by atoms with van der Waals surface area (Å²) in [5.41, 5.74) is 7.70. The maximum Gasteiger partial charge on any atom is 0.159 e. The van der Waals surface area contributed by atoms with Gasteiger partial charge in [-0.3, -0.25) is 9.48 Å². The molecule has 1 unspecified atom stereocenters. The Bertz CT molecular complexity index is 856. The molecule has 1 aromatic heterocycles. The SMILES string of the molecule is C=C(C)C1CC(=O)C(C)=C(c2c(Cc3ccccc3)nn(C)c2C)C1. The predicted molar refractivity (Wildman–Crippen MR) is 102 cm³/mol. The van der Waals surface area contributed by atoms with Crippen LogP contribution in [-0.2, 0) is 18.3 Å². The molecule has 0 radical (unpaired) electrons. The molecule has 3 heteroatoms. The van der Waals surface area contributed by atoms with Crippen LogP contribution in [0.5, 0.6) is 0 Å².